The largest absolute Gasteiger partial charge is 0.464 e. The molecule has 0 saturated carbocycles. The lowest BCUT2D eigenvalue weighted by molar-refractivity contribution is -0.124. The Morgan fingerprint density at radius 2 is 1.92 bits per heavy atom. The summed E-state index contributed by atoms with van der Waals surface area (Å²) < 4.78 is 15.1. The lowest BCUT2D eigenvalue weighted by atomic mass is 10.1. The zero-order chi connectivity index (χ0) is 19.3. The summed E-state index contributed by atoms with van der Waals surface area (Å²) in [5.74, 6) is -0.796. The second kappa shape index (κ2) is 8.79. The molecule has 0 radical (unpaired) electrons. The number of rotatable bonds is 8. The van der Waals surface area contributed by atoms with Crippen molar-refractivity contribution in [2.75, 3.05) is 46.8 Å². The van der Waals surface area contributed by atoms with Gasteiger partial charge < -0.3 is 24.5 Å². The van der Waals surface area contributed by atoms with E-state index in [1.807, 2.05) is 25.1 Å². The molecule has 1 heterocycles. The Balaban J connectivity index is 2.23. The topological polar surface area (TPSA) is 92.9 Å². The molecule has 142 valence electrons. The van der Waals surface area contributed by atoms with E-state index in [0.717, 1.165) is 16.5 Å². The van der Waals surface area contributed by atoms with Crippen molar-refractivity contribution in [1.82, 2.24) is 9.88 Å². The van der Waals surface area contributed by atoms with E-state index in [0.29, 0.717) is 12.2 Å². The summed E-state index contributed by atoms with van der Waals surface area (Å²) in [6.07, 6.45) is -0.422. The molecule has 2 aromatic rings. The highest BCUT2D eigenvalue weighted by Crippen LogP contribution is 2.31. The van der Waals surface area contributed by atoms with Gasteiger partial charge in [-0.15, -0.1) is 0 Å². The Bertz CT molecular complexity index is 782. The molecule has 8 nitrogen and oxygen atoms in total. The number of methoxy groups -OCH3 is 3. The van der Waals surface area contributed by atoms with Crippen LogP contribution in [0.4, 0.5) is 5.69 Å². The number of H-pyrrole nitrogens is 1. The summed E-state index contributed by atoms with van der Waals surface area (Å²) in [6.45, 7) is 2.46. The predicted octanol–water partition coefficient (Wildman–Crippen LogP) is 1.75. The van der Waals surface area contributed by atoms with Crippen LogP contribution >= 0.6 is 0 Å². The summed E-state index contributed by atoms with van der Waals surface area (Å²) >= 11 is 0. The Kier molecular flexibility index (Phi) is 6.73. The van der Waals surface area contributed by atoms with Gasteiger partial charge in [0, 0.05) is 31.7 Å². The summed E-state index contributed by atoms with van der Waals surface area (Å²) in [5, 5.41) is 3.62. The third-order valence-electron chi connectivity index (χ3n) is 4.09. The van der Waals surface area contributed by atoms with Crippen LogP contribution in [0.1, 0.15) is 16.1 Å². The number of hydrogen-bond donors (Lipinski definition) is 2. The number of nitrogens with one attached hydrogen (secondary N) is 2. The van der Waals surface area contributed by atoms with Gasteiger partial charge in [0.25, 0.3) is 0 Å². The van der Waals surface area contributed by atoms with Gasteiger partial charge in [-0.25, -0.2) is 4.79 Å². The van der Waals surface area contributed by atoms with Gasteiger partial charge in [-0.2, -0.15) is 0 Å². The Labute approximate surface area is 152 Å². The Morgan fingerprint density at radius 1 is 1.23 bits per heavy atom. The standard InChI is InChI=1S/C18H25N3O5/c1-11-7-6-8-12-15(11)16(17(19-12)18(23)26-5)20-13(22)9-21(2)10-14(24-3)25-4/h6-8,14,19H,9-10H2,1-5H3,(H,20,22). The quantitative estimate of drug-likeness (QED) is 0.548. The van der Waals surface area contributed by atoms with Crippen LogP contribution in [0.5, 0.6) is 0 Å². The van der Waals surface area contributed by atoms with Crippen LogP contribution in [-0.4, -0.2) is 69.5 Å². The second-order valence-electron chi connectivity index (χ2n) is 6.01. The molecule has 1 aromatic carbocycles. The number of amides is 1. The monoisotopic (exact) mass is 363 g/mol. The van der Waals surface area contributed by atoms with Crippen molar-refractivity contribution in [1.29, 1.82) is 0 Å². The van der Waals surface area contributed by atoms with Crippen LogP contribution in [0, 0.1) is 6.92 Å². The average Bonchev–Trinajstić information content (AvgIpc) is 2.98. The van der Waals surface area contributed by atoms with Crippen molar-refractivity contribution in [2.24, 2.45) is 0 Å². The van der Waals surface area contributed by atoms with Crippen LogP contribution in [0.3, 0.4) is 0 Å². The van der Waals surface area contributed by atoms with E-state index < -0.39 is 12.3 Å². The summed E-state index contributed by atoms with van der Waals surface area (Å²) in [5.41, 5.74) is 2.35. The zero-order valence-electron chi connectivity index (χ0n) is 15.7. The van der Waals surface area contributed by atoms with Crippen LogP contribution in [0.2, 0.25) is 0 Å². The number of anilines is 1. The van der Waals surface area contributed by atoms with Gasteiger partial charge in [0.15, 0.2) is 6.29 Å². The minimum absolute atomic E-state index is 0.113. The van der Waals surface area contributed by atoms with Crippen LogP contribution in [-0.2, 0) is 19.0 Å². The van der Waals surface area contributed by atoms with Crippen molar-refractivity contribution in [3.05, 3.63) is 29.5 Å². The molecule has 1 amide bonds. The van der Waals surface area contributed by atoms with E-state index in [2.05, 4.69) is 10.3 Å². The predicted molar refractivity (Wildman–Crippen MR) is 98.3 cm³/mol. The highest BCUT2D eigenvalue weighted by molar-refractivity contribution is 6.12. The van der Waals surface area contributed by atoms with Gasteiger partial charge in [-0.3, -0.25) is 9.69 Å². The smallest absolute Gasteiger partial charge is 0.356 e. The van der Waals surface area contributed by atoms with Gasteiger partial charge in [-0.05, 0) is 25.6 Å². The maximum absolute atomic E-state index is 12.5. The van der Waals surface area contributed by atoms with E-state index in [4.69, 9.17) is 14.2 Å². The van der Waals surface area contributed by atoms with Gasteiger partial charge in [0.1, 0.15) is 5.69 Å². The first kappa shape index (κ1) is 19.9. The Hall–Kier alpha value is -2.42. The SMILES string of the molecule is COC(=O)c1[nH]c2cccc(C)c2c1NC(=O)CN(C)CC(OC)OC. The molecule has 0 fully saturated rings. The summed E-state index contributed by atoms with van der Waals surface area (Å²) in [6, 6.07) is 5.64. The van der Waals surface area contributed by atoms with Gasteiger partial charge in [0.05, 0.1) is 19.3 Å². The number of likely N-dealkylation sites (N-methyl/N-ethyl adjacent to an activating group) is 1. The fraction of sp³-hybridized carbons (Fsp3) is 0.444. The van der Waals surface area contributed by atoms with Crippen molar-refractivity contribution < 1.29 is 23.8 Å². The average molecular weight is 363 g/mol. The molecule has 1 aromatic heterocycles. The van der Waals surface area contributed by atoms with E-state index in [-0.39, 0.29) is 18.1 Å². The molecule has 8 heteroatoms. The molecule has 0 unspecified atom stereocenters. The van der Waals surface area contributed by atoms with E-state index in [9.17, 15) is 9.59 Å². The second-order valence-corrected chi connectivity index (χ2v) is 6.01. The van der Waals surface area contributed by atoms with Crippen molar-refractivity contribution in [3.63, 3.8) is 0 Å². The maximum Gasteiger partial charge on any atom is 0.356 e. The highest BCUT2D eigenvalue weighted by Gasteiger charge is 2.22. The number of fused-ring (bicyclic) bond motifs is 1. The fourth-order valence-corrected chi connectivity index (χ4v) is 2.79. The molecule has 0 spiro atoms. The first-order chi connectivity index (χ1) is 12.4. The molecule has 0 aliphatic rings. The van der Waals surface area contributed by atoms with Crippen molar-refractivity contribution >= 4 is 28.5 Å². The van der Waals surface area contributed by atoms with Crippen LogP contribution in [0.15, 0.2) is 18.2 Å². The molecule has 0 atom stereocenters. The highest BCUT2D eigenvalue weighted by atomic mass is 16.7. The summed E-state index contributed by atoms with van der Waals surface area (Å²) in [7, 11) is 6.17. The number of nitrogens with zero attached hydrogens (tertiary/aromatic N) is 1. The third-order valence-corrected chi connectivity index (χ3v) is 4.09. The molecular formula is C18H25N3O5. The van der Waals surface area contributed by atoms with Crippen LogP contribution < -0.4 is 5.32 Å². The van der Waals surface area contributed by atoms with Gasteiger partial charge in [-0.1, -0.05) is 12.1 Å². The lowest BCUT2D eigenvalue weighted by Crippen LogP contribution is -2.37. The van der Waals surface area contributed by atoms with Gasteiger partial charge in [0.2, 0.25) is 5.91 Å². The fourth-order valence-electron chi connectivity index (χ4n) is 2.79. The van der Waals surface area contributed by atoms with Crippen molar-refractivity contribution in [2.45, 2.75) is 13.2 Å². The molecule has 2 N–H and O–H groups in total. The van der Waals surface area contributed by atoms with Crippen LogP contribution in [0.25, 0.3) is 10.9 Å². The molecule has 2 rings (SSSR count). The van der Waals surface area contributed by atoms with E-state index in [1.165, 1.54) is 7.11 Å². The number of hydrogen-bond acceptors (Lipinski definition) is 6. The van der Waals surface area contributed by atoms with E-state index in [1.54, 1.807) is 26.2 Å². The normalized spacial score (nSPS) is 11.3. The first-order valence-corrected chi connectivity index (χ1v) is 8.14. The first-order valence-electron chi connectivity index (χ1n) is 8.14. The van der Waals surface area contributed by atoms with Gasteiger partial charge >= 0.3 is 5.97 Å². The number of esters is 1. The molecule has 0 aliphatic carbocycles. The number of ether oxygens (including phenoxy) is 3. The lowest BCUT2D eigenvalue weighted by Gasteiger charge is -2.21. The number of aromatic nitrogens is 1. The van der Waals surface area contributed by atoms with E-state index >= 15 is 0 Å². The number of aryl methyl sites for hydroxylation is 1. The van der Waals surface area contributed by atoms with Crippen molar-refractivity contribution in [3.8, 4) is 0 Å². The molecule has 0 aliphatic heterocycles. The number of carbonyl (C=O) groups excluding carboxylic acids is 2. The zero-order valence-corrected chi connectivity index (χ0v) is 15.7. The molecule has 0 bridgehead atoms. The maximum atomic E-state index is 12.5. The number of aromatic amines is 1. The number of benzene rings is 1. The third kappa shape index (κ3) is 4.40. The minimum Gasteiger partial charge on any atom is -0.464 e. The summed E-state index contributed by atoms with van der Waals surface area (Å²) in [4.78, 5) is 29.4. The molecular weight excluding hydrogens is 338 g/mol. The minimum atomic E-state index is -0.539. The Morgan fingerprint density at radius 3 is 2.54 bits per heavy atom. The molecule has 0 saturated heterocycles. The molecule has 26 heavy (non-hydrogen) atoms. The number of carbonyl (C=O) groups is 2.